The van der Waals surface area contributed by atoms with Crippen LogP contribution in [-0.4, -0.2) is 25.3 Å². The van der Waals surface area contributed by atoms with Gasteiger partial charge in [-0.05, 0) is 74.7 Å². The Morgan fingerprint density at radius 3 is 2.73 bits per heavy atom. The van der Waals surface area contributed by atoms with Gasteiger partial charge in [0.05, 0.1) is 21.8 Å². The lowest BCUT2D eigenvalue weighted by molar-refractivity contribution is 0.0929. The van der Waals surface area contributed by atoms with E-state index in [-0.39, 0.29) is 12.4 Å². The fourth-order valence-corrected chi connectivity index (χ4v) is 4.50. The number of hydrazone groups is 1. The molecule has 154 valence electrons. The lowest BCUT2D eigenvalue weighted by Gasteiger charge is -2.13. The van der Waals surface area contributed by atoms with E-state index in [9.17, 15) is 4.79 Å². The van der Waals surface area contributed by atoms with Crippen molar-refractivity contribution < 1.29 is 18.7 Å². The maximum Gasteiger partial charge on any atom is 0.307 e. The molecule has 0 bridgehead atoms. The second kappa shape index (κ2) is 10.2. The van der Waals surface area contributed by atoms with Crippen LogP contribution >= 0.6 is 47.8 Å². The summed E-state index contributed by atoms with van der Waals surface area (Å²) in [4.78, 5) is 12.4. The third-order valence-electron chi connectivity index (χ3n) is 3.77. The third-order valence-corrected chi connectivity index (χ3v) is 5.41. The lowest BCUT2D eigenvalue weighted by Crippen LogP contribution is -2.16. The molecule has 6 nitrogen and oxygen atoms in total. The molecule has 0 spiro atoms. The van der Waals surface area contributed by atoms with Crippen LogP contribution in [0.25, 0.3) is 11.0 Å². The van der Waals surface area contributed by atoms with Crippen molar-refractivity contribution in [2.75, 3.05) is 13.2 Å². The van der Waals surface area contributed by atoms with Crippen LogP contribution < -0.4 is 14.9 Å². The zero-order chi connectivity index (χ0) is 21.7. The molecule has 0 fully saturated rings. The van der Waals surface area contributed by atoms with Crippen molar-refractivity contribution in [1.29, 1.82) is 0 Å². The van der Waals surface area contributed by atoms with Gasteiger partial charge in [0.1, 0.15) is 12.2 Å². The van der Waals surface area contributed by atoms with Crippen LogP contribution in [0.4, 0.5) is 0 Å². The van der Waals surface area contributed by atoms with E-state index in [1.165, 1.54) is 6.21 Å². The van der Waals surface area contributed by atoms with Gasteiger partial charge in [0.15, 0.2) is 17.3 Å². The molecule has 0 aliphatic rings. The Balaban J connectivity index is 1.77. The highest BCUT2D eigenvalue weighted by Gasteiger charge is 2.15. The molecule has 0 aliphatic heterocycles. The number of ether oxygens (including phenoxy) is 2. The predicted molar refractivity (Wildman–Crippen MR) is 126 cm³/mol. The summed E-state index contributed by atoms with van der Waals surface area (Å²) in [5.74, 6) is 3.12. The average molecular weight is 599 g/mol. The second-order valence-corrected chi connectivity index (χ2v) is 8.50. The summed E-state index contributed by atoms with van der Waals surface area (Å²) < 4.78 is 19.0. The minimum Gasteiger partial charge on any atom is -0.490 e. The minimum absolute atomic E-state index is 0.117. The number of amides is 1. The van der Waals surface area contributed by atoms with Crippen molar-refractivity contribution in [2.45, 2.75) is 6.92 Å². The first-order valence-corrected chi connectivity index (χ1v) is 11.1. The smallest absolute Gasteiger partial charge is 0.307 e. The monoisotopic (exact) mass is 596 g/mol. The quantitative estimate of drug-likeness (QED) is 0.209. The van der Waals surface area contributed by atoms with Crippen LogP contribution in [0.3, 0.4) is 0 Å². The standard InChI is InChI=1S/C21H15Br3N2O4/c1-3-5-29-20-15(23)6-12(7-17(20)28-4-2)11-25-26-21(27)18-9-13-8-14(22)10-16(24)19(13)30-18/h1,6-11H,4-5H2,2H3,(H,26,27)/b25-11-. The summed E-state index contributed by atoms with van der Waals surface area (Å²) in [6.07, 6.45) is 6.75. The Kier molecular flexibility index (Phi) is 7.58. The van der Waals surface area contributed by atoms with Gasteiger partial charge in [-0.1, -0.05) is 21.9 Å². The van der Waals surface area contributed by atoms with Crippen LogP contribution in [0.5, 0.6) is 11.5 Å². The SMILES string of the molecule is C#CCOc1c(Br)cc(/C=N\NC(=O)c2cc3cc(Br)cc(Br)c3o2)cc1OCC. The van der Waals surface area contributed by atoms with Gasteiger partial charge in [0, 0.05) is 9.86 Å². The third kappa shape index (κ3) is 5.25. The van der Waals surface area contributed by atoms with Crippen molar-refractivity contribution in [3.05, 3.63) is 55.1 Å². The first-order valence-electron chi connectivity index (χ1n) is 8.67. The number of carbonyl (C=O) groups is 1. The molecular formula is C21H15Br3N2O4. The van der Waals surface area contributed by atoms with E-state index in [0.717, 1.165) is 14.3 Å². The summed E-state index contributed by atoms with van der Waals surface area (Å²) >= 11 is 10.3. The first-order chi connectivity index (χ1) is 14.4. The first kappa shape index (κ1) is 22.4. The molecule has 30 heavy (non-hydrogen) atoms. The van der Waals surface area contributed by atoms with Gasteiger partial charge in [0.25, 0.3) is 0 Å². The van der Waals surface area contributed by atoms with Crippen LogP contribution in [0.1, 0.15) is 23.0 Å². The Bertz CT molecular complexity index is 1170. The molecule has 0 atom stereocenters. The second-order valence-electron chi connectivity index (χ2n) is 5.87. The molecule has 0 saturated carbocycles. The number of terminal acetylenes is 1. The van der Waals surface area contributed by atoms with Crippen LogP contribution in [0, 0.1) is 12.3 Å². The zero-order valence-corrected chi connectivity index (χ0v) is 20.4. The lowest BCUT2D eigenvalue weighted by atomic mass is 10.2. The van der Waals surface area contributed by atoms with E-state index in [1.54, 1.807) is 18.2 Å². The fourth-order valence-electron chi connectivity index (χ4n) is 2.59. The molecule has 0 unspecified atom stereocenters. The zero-order valence-electron chi connectivity index (χ0n) is 15.7. The normalized spacial score (nSPS) is 10.9. The minimum atomic E-state index is -0.469. The Morgan fingerprint density at radius 1 is 1.20 bits per heavy atom. The highest BCUT2D eigenvalue weighted by Crippen LogP contribution is 2.36. The number of carbonyl (C=O) groups excluding carboxylic acids is 1. The van der Waals surface area contributed by atoms with Gasteiger partial charge in [0.2, 0.25) is 0 Å². The Labute approximate surface area is 198 Å². The summed E-state index contributed by atoms with van der Waals surface area (Å²) in [5.41, 5.74) is 3.73. The van der Waals surface area contributed by atoms with Crippen molar-refractivity contribution in [1.82, 2.24) is 5.43 Å². The van der Waals surface area contributed by atoms with E-state index in [4.69, 9.17) is 20.3 Å². The molecule has 0 saturated heterocycles. The van der Waals surface area contributed by atoms with E-state index < -0.39 is 5.91 Å². The number of hydrogen-bond acceptors (Lipinski definition) is 5. The molecular weight excluding hydrogens is 584 g/mol. The summed E-state index contributed by atoms with van der Waals surface area (Å²) in [6.45, 7) is 2.43. The molecule has 1 amide bonds. The van der Waals surface area contributed by atoms with Gasteiger partial charge in [-0.25, -0.2) is 5.43 Å². The van der Waals surface area contributed by atoms with E-state index >= 15 is 0 Å². The van der Waals surface area contributed by atoms with Crippen molar-refractivity contribution >= 4 is 70.9 Å². The maximum atomic E-state index is 12.4. The van der Waals surface area contributed by atoms with Crippen molar-refractivity contribution in [3.63, 3.8) is 0 Å². The van der Waals surface area contributed by atoms with Crippen molar-refractivity contribution in [2.24, 2.45) is 5.10 Å². The highest BCUT2D eigenvalue weighted by atomic mass is 79.9. The molecule has 9 heteroatoms. The molecule has 3 aromatic rings. The molecule has 1 N–H and O–H groups in total. The van der Waals surface area contributed by atoms with Gasteiger partial charge >= 0.3 is 5.91 Å². The summed E-state index contributed by atoms with van der Waals surface area (Å²) in [7, 11) is 0. The molecule has 1 aromatic heterocycles. The van der Waals surface area contributed by atoms with E-state index in [2.05, 4.69) is 64.2 Å². The largest absolute Gasteiger partial charge is 0.490 e. The fraction of sp³-hybridized carbons (Fsp3) is 0.143. The van der Waals surface area contributed by atoms with E-state index in [1.807, 2.05) is 19.1 Å². The number of halogens is 3. The predicted octanol–water partition coefficient (Wildman–Crippen LogP) is 5.89. The maximum absolute atomic E-state index is 12.4. The van der Waals surface area contributed by atoms with Gasteiger partial charge in [-0.15, -0.1) is 6.42 Å². The number of nitrogens with one attached hydrogen (secondary N) is 1. The molecule has 1 heterocycles. The molecule has 3 rings (SSSR count). The number of fused-ring (bicyclic) bond motifs is 1. The highest BCUT2D eigenvalue weighted by molar-refractivity contribution is 9.11. The van der Waals surface area contributed by atoms with Crippen LogP contribution in [0.15, 0.2) is 53.3 Å². The summed E-state index contributed by atoms with van der Waals surface area (Å²) in [5, 5.41) is 4.80. The van der Waals surface area contributed by atoms with Gasteiger partial charge in [-0.2, -0.15) is 5.10 Å². The number of benzene rings is 2. The van der Waals surface area contributed by atoms with Gasteiger partial charge < -0.3 is 13.9 Å². The average Bonchev–Trinajstić information content (AvgIpc) is 3.12. The van der Waals surface area contributed by atoms with Crippen LogP contribution in [-0.2, 0) is 0 Å². The van der Waals surface area contributed by atoms with Gasteiger partial charge in [-0.3, -0.25) is 4.79 Å². The number of nitrogens with zero attached hydrogens (tertiary/aromatic N) is 1. The van der Waals surface area contributed by atoms with E-state index in [0.29, 0.717) is 33.7 Å². The number of rotatable bonds is 7. The topological polar surface area (TPSA) is 73.1 Å². The number of hydrogen-bond donors (Lipinski definition) is 1. The Hall–Kier alpha value is -2.28. The summed E-state index contributed by atoms with van der Waals surface area (Å²) in [6, 6.07) is 8.87. The molecule has 0 aliphatic carbocycles. The van der Waals surface area contributed by atoms with Crippen LogP contribution in [0.2, 0.25) is 0 Å². The Morgan fingerprint density at radius 2 is 2.00 bits per heavy atom. The van der Waals surface area contributed by atoms with Crippen molar-refractivity contribution in [3.8, 4) is 23.8 Å². The molecule has 2 aromatic carbocycles. The number of furan rings is 1. The molecule has 0 radical (unpaired) electrons.